The number of anilines is 1. The first-order chi connectivity index (χ1) is 14.7. The van der Waals surface area contributed by atoms with Crippen LogP contribution in [0.1, 0.15) is 6.42 Å². The molecule has 1 aliphatic heterocycles. The van der Waals surface area contributed by atoms with Crippen LogP contribution in [0, 0.1) is 33.8 Å². The van der Waals surface area contributed by atoms with Crippen LogP contribution in [-0.4, -0.2) is 56.3 Å². The number of halogens is 2. The first-order valence-electron chi connectivity index (χ1n) is 9.52. The average Bonchev–Trinajstić information content (AvgIpc) is 3.33. The van der Waals surface area contributed by atoms with Gasteiger partial charge in [-0.25, -0.2) is 0 Å². The van der Waals surface area contributed by atoms with Gasteiger partial charge in [0, 0.05) is 27.5 Å². The summed E-state index contributed by atoms with van der Waals surface area (Å²) in [7, 11) is 0. The number of rotatable bonds is 6. The summed E-state index contributed by atoms with van der Waals surface area (Å²) in [5, 5.41) is 13.2. The van der Waals surface area contributed by atoms with Crippen LogP contribution in [0.3, 0.4) is 0 Å². The van der Waals surface area contributed by atoms with Crippen LogP contribution >= 0.6 is 31.9 Å². The molecule has 1 N–H and O–H groups in total. The lowest BCUT2D eigenvalue weighted by Crippen LogP contribution is -2.38. The lowest BCUT2D eigenvalue weighted by Gasteiger charge is -2.28. The lowest BCUT2D eigenvalue weighted by molar-refractivity contribution is -0.384. The van der Waals surface area contributed by atoms with E-state index in [4.69, 9.17) is 4.74 Å². The van der Waals surface area contributed by atoms with Gasteiger partial charge >= 0.3 is 5.97 Å². The zero-order valence-electron chi connectivity index (χ0n) is 15.9. The van der Waals surface area contributed by atoms with Crippen molar-refractivity contribution in [3.8, 4) is 0 Å². The number of hydrogen-bond acceptors (Lipinski definition) is 7. The van der Waals surface area contributed by atoms with E-state index in [0.717, 1.165) is 11.3 Å². The minimum atomic E-state index is -0.881. The fourth-order valence-corrected chi connectivity index (χ4v) is 6.65. The Balaban J connectivity index is 1.31. The van der Waals surface area contributed by atoms with E-state index >= 15 is 0 Å². The number of benzene rings is 1. The zero-order valence-corrected chi connectivity index (χ0v) is 19.1. The number of amides is 3. The van der Waals surface area contributed by atoms with Gasteiger partial charge < -0.3 is 10.1 Å². The molecule has 12 heteroatoms. The molecule has 10 nitrogen and oxygen atoms in total. The molecular formula is C19H17Br2N3O7. The van der Waals surface area contributed by atoms with Gasteiger partial charge in [0.25, 0.3) is 11.6 Å². The lowest BCUT2D eigenvalue weighted by atomic mass is 9.81. The molecule has 0 aromatic heterocycles. The number of nitro groups is 1. The molecule has 0 unspecified atom stereocenters. The van der Waals surface area contributed by atoms with E-state index < -0.39 is 41.8 Å². The molecule has 1 heterocycles. The number of esters is 1. The molecule has 3 aliphatic rings. The molecule has 3 amide bonds. The summed E-state index contributed by atoms with van der Waals surface area (Å²) in [4.78, 5) is 61.0. The van der Waals surface area contributed by atoms with E-state index in [9.17, 15) is 29.3 Å². The predicted octanol–water partition coefficient (Wildman–Crippen LogP) is 1.85. The van der Waals surface area contributed by atoms with Crippen molar-refractivity contribution < 1.29 is 28.8 Å². The maximum atomic E-state index is 12.8. The molecule has 164 valence electrons. The average molecular weight is 559 g/mol. The highest BCUT2D eigenvalue weighted by Gasteiger charge is 2.66. The van der Waals surface area contributed by atoms with Crippen LogP contribution in [0.5, 0.6) is 0 Å². The number of imide groups is 1. The van der Waals surface area contributed by atoms with Crippen molar-refractivity contribution in [2.45, 2.75) is 16.1 Å². The van der Waals surface area contributed by atoms with Crippen molar-refractivity contribution in [2.24, 2.45) is 23.7 Å². The van der Waals surface area contributed by atoms with Gasteiger partial charge in [-0.1, -0.05) is 37.9 Å². The summed E-state index contributed by atoms with van der Waals surface area (Å²) in [6, 6.07) is 5.30. The number of carbonyl (C=O) groups is 4. The van der Waals surface area contributed by atoms with Crippen molar-refractivity contribution >= 4 is 66.9 Å². The van der Waals surface area contributed by atoms with Crippen molar-refractivity contribution in [2.75, 3.05) is 18.5 Å². The van der Waals surface area contributed by atoms with Crippen molar-refractivity contribution in [1.29, 1.82) is 0 Å². The van der Waals surface area contributed by atoms with E-state index in [1.54, 1.807) is 0 Å². The summed E-state index contributed by atoms with van der Waals surface area (Å²) in [5.41, 5.74) is -0.0195. The third-order valence-electron chi connectivity index (χ3n) is 6.07. The normalized spacial score (nSPS) is 31.0. The van der Waals surface area contributed by atoms with Crippen molar-refractivity contribution in [1.82, 2.24) is 4.90 Å². The molecule has 1 aromatic carbocycles. The number of nitro benzene ring substituents is 1. The van der Waals surface area contributed by atoms with Gasteiger partial charge in [-0.15, -0.1) is 0 Å². The summed E-state index contributed by atoms with van der Waals surface area (Å²) in [6.45, 7) is -1.20. The quantitative estimate of drug-likeness (QED) is 0.185. The summed E-state index contributed by atoms with van der Waals surface area (Å²) < 4.78 is 4.90. The molecule has 2 bridgehead atoms. The first kappa shape index (κ1) is 21.9. The maximum Gasteiger partial charge on any atom is 0.326 e. The first-order valence-corrected chi connectivity index (χ1v) is 11.4. The van der Waals surface area contributed by atoms with Gasteiger partial charge in [0.05, 0.1) is 16.8 Å². The SMILES string of the molecule is O=C(COC(=O)CN1C(=O)[C@@H]2[C@H]3C[C@@H]([C@@H](Br)[C@H]3Br)[C@H]2C1=O)Nc1cccc([N+](=O)[O-])c1. The molecule has 4 rings (SSSR count). The molecule has 2 aliphatic carbocycles. The van der Waals surface area contributed by atoms with Crippen LogP contribution in [0.2, 0.25) is 0 Å². The number of carbonyl (C=O) groups excluding carboxylic acids is 4. The monoisotopic (exact) mass is 557 g/mol. The smallest absolute Gasteiger partial charge is 0.326 e. The zero-order chi connectivity index (χ0) is 22.4. The third-order valence-corrected chi connectivity index (χ3v) is 9.28. The van der Waals surface area contributed by atoms with E-state index in [1.807, 2.05) is 0 Å². The van der Waals surface area contributed by atoms with Gasteiger partial charge in [-0.3, -0.25) is 34.2 Å². The maximum absolute atomic E-state index is 12.8. The van der Waals surface area contributed by atoms with Crippen molar-refractivity contribution in [3.05, 3.63) is 34.4 Å². The highest BCUT2D eigenvalue weighted by atomic mass is 79.9. The Labute approximate surface area is 193 Å². The van der Waals surface area contributed by atoms with E-state index in [-0.39, 0.29) is 44.7 Å². The number of likely N-dealkylation sites (tertiary alicyclic amines) is 1. The minimum absolute atomic E-state index is 0.0394. The largest absolute Gasteiger partial charge is 0.454 e. The Morgan fingerprint density at radius 1 is 1.16 bits per heavy atom. The Bertz CT molecular complexity index is 955. The summed E-state index contributed by atoms with van der Waals surface area (Å²) >= 11 is 7.19. The second-order valence-corrected chi connectivity index (χ2v) is 9.90. The number of hydrogen-bond donors (Lipinski definition) is 1. The molecule has 1 aromatic rings. The van der Waals surface area contributed by atoms with Crippen LogP contribution < -0.4 is 5.32 Å². The van der Waals surface area contributed by atoms with Crippen LogP contribution in [-0.2, 0) is 23.9 Å². The Hall–Kier alpha value is -2.34. The minimum Gasteiger partial charge on any atom is -0.454 e. The molecule has 6 atom stereocenters. The van der Waals surface area contributed by atoms with Crippen LogP contribution in [0.15, 0.2) is 24.3 Å². The van der Waals surface area contributed by atoms with E-state index in [2.05, 4.69) is 37.2 Å². The number of nitrogens with one attached hydrogen (secondary N) is 1. The number of fused-ring (bicyclic) bond motifs is 5. The van der Waals surface area contributed by atoms with E-state index in [0.29, 0.717) is 0 Å². The molecule has 0 spiro atoms. The summed E-state index contributed by atoms with van der Waals surface area (Å²) in [5.74, 6) is -3.11. The van der Waals surface area contributed by atoms with Crippen molar-refractivity contribution in [3.63, 3.8) is 0 Å². The molecule has 2 saturated carbocycles. The van der Waals surface area contributed by atoms with Gasteiger partial charge in [-0.2, -0.15) is 0 Å². The number of alkyl halides is 2. The third kappa shape index (κ3) is 3.86. The van der Waals surface area contributed by atoms with Gasteiger partial charge in [0.1, 0.15) is 6.54 Å². The Morgan fingerprint density at radius 2 is 1.77 bits per heavy atom. The molecule has 1 saturated heterocycles. The second-order valence-electron chi connectivity index (χ2n) is 7.78. The van der Waals surface area contributed by atoms with E-state index in [1.165, 1.54) is 24.3 Å². The van der Waals surface area contributed by atoms with Gasteiger partial charge in [0.2, 0.25) is 11.8 Å². The number of non-ortho nitro benzene ring substituents is 1. The second kappa shape index (κ2) is 8.30. The van der Waals surface area contributed by atoms with Gasteiger partial charge in [0.15, 0.2) is 6.61 Å². The fourth-order valence-electron chi connectivity index (χ4n) is 4.78. The van der Waals surface area contributed by atoms with Gasteiger partial charge in [-0.05, 0) is 24.3 Å². The highest BCUT2D eigenvalue weighted by molar-refractivity contribution is 9.12. The predicted molar refractivity (Wildman–Crippen MR) is 113 cm³/mol. The Kier molecular flexibility index (Phi) is 5.86. The molecular weight excluding hydrogens is 542 g/mol. The standard InChI is InChI=1S/C19H17Br2N3O7/c20-16-10-5-11(17(16)21)15-14(10)18(27)23(19(15)28)6-13(26)31-7-12(25)22-8-2-1-3-9(4-8)24(29)30/h1-4,10-11,14-17H,5-7H2,(H,22,25)/t10-,11-,14-,15-,16-,17+/m1/s1. The van der Waals surface area contributed by atoms with Crippen LogP contribution in [0.4, 0.5) is 11.4 Å². The number of ether oxygens (including phenoxy) is 1. The summed E-state index contributed by atoms with van der Waals surface area (Å²) in [6.07, 6.45) is 0.786. The highest BCUT2D eigenvalue weighted by Crippen LogP contribution is 2.60. The molecule has 3 fully saturated rings. The molecule has 0 radical (unpaired) electrons. The fraction of sp³-hybridized carbons (Fsp3) is 0.474. The Morgan fingerprint density at radius 3 is 2.35 bits per heavy atom. The number of nitrogens with zero attached hydrogens (tertiary/aromatic N) is 2. The topological polar surface area (TPSA) is 136 Å². The van der Waals surface area contributed by atoms with Crippen LogP contribution in [0.25, 0.3) is 0 Å². The molecule has 31 heavy (non-hydrogen) atoms.